The van der Waals surface area contributed by atoms with Crippen LogP contribution in [0.25, 0.3) is 11.1 Å². The zero-order chi connectivity index (χ0) is 10.3. The minimum Gasteiger partial charge on any atom is -0.358 e. The third-order valence-electron chi connectivity index (χ3n) is 1.64. The Labute approximate surface area is 74.3 Å². The number of fused-ring (bicyclic) bond motifs is 1. The van der Waals surface area contributed by atoms with Gasteiger partial charge in [0.15, 0.2) is 0 Å². The first-order chi connectivity index (χ1) is 6.48. The molecule has 0 aliphatic carbocycles. The van der Waals surface area contributed by atoms with Crippen LogP contribution in [0.3, 0.4) is 0 Å². The molecule has 74 valence electrons. The van der Waals surface area contributed by atoms with Crippen LogP contribution < -0.4 is 5.56 Å². The zero-order valence-corrected chi connectivity index (χ0v) is 6.55. The zero-order valence-electron chi connectivity index (χ0n) is 6.55. The molecule has 4 nitrogen and oxygen atoms in total. The van der Waals surface area contributed by atoms with Crippen LogP contribution in [0.4, 0.5) is 13.2 Å². The lowest BCUT2D eigenvalue weighted by Crippen LogP contribution is -2.07. The van der Waals surface area contributed by atoms with Crippen LogP contribution in [0, 0.1) is 0 Å². The molecule has 0 unspecified atom stereocenters. The van der Waals surface area contributed by atoms with Crippen molar-refractivity contribution in [2.45, 2.75) is 6.18 Å². The quantitative estimate of drug-likeness (QED) is 0.707. The number of pyridine rings is 1. The molecule has 0 radical (unpaired) electrons. The molecule has 2 heterocycles. The molecular formula is C7H3F3N2O2. The Kier molecular flexibility index (Phi) is 1.63. The first-order valence-electron chi connectivity index (χ1n) is 3.54. The second-order valence-corrected chi connectivity index (χ2v) is 2.58. The van der Waals surface area contributed by atoms with Gasteiger partial charge >= 0.3 is 6.18 Å². The molecule has 0 saturated heterocycles. The monoisotopic (exact) mass is 204 g/mol. The van der Waals surface area contributed by atoms with Crippen LogP contribution in [-0.4, -0.2) is 10.1 Å². The Hall–Kier alpha value is -1.79. The number of aromatic nitrogens is 2. The fourth-order valence-electron chi connectivity index (χ4n) is 0.999. The van der Waals surface area contributed by atoms with Gasteiger partial charge in [0.1, 0.15) is 11.1 Å². The summed E-state index contributed by atoms with van der Waals surface area (Å²) in [6.45, 7) is 0. The maximum absolute atomic E-state index is 12.1. The van der Waals surface area contributed by atoms with E-state index in [-0.39, 0.29) is 11.1 Å². The molecule has 2 aromatic heterocycles. The van der Waals surface area contributed by atoms with Gasteiger partial charge in [0.2, 0.25) is 0 Å². The minimum absolute atomic E-state index is 0.00185. The number of aromatic amines is 1. The van der Waals surface area contributed by atoms with Crippen molar-refractivity contribution in [1.29, 1.82) is 0 Å². The van der Waals surface area contributed by atoms with Crippen LogP contribution in [-0.2, 0) is 6.18 Å². The first-order valence-corrected chi connectivity index (χ1v) is 3.54. The van der Waals surface area contributed by atoms with Gasteiger partial charge in [0.25, 0.3) is 11.3 Å². The normalized spacial score (nSPS) is 12.2. The number of rotatable bonds is 0. The third kappa shape index (κ3) is 1.26. The molecule has 2 aromatic rings. The highest BCUT2D eigenvalue weighted by Crippen LogP contribution is 2.28. The van der Waals surface area contributed by atoms with Gasteiger partial charge in [0.05, 0.1) is 0 Å². The molecule has 0 saturated carbocycles. The lowest BCUT2D eigenvalue weighted by Gasteiger charge is -2.02. The van der Waals surface area contributed by atoms with Gasteiger partial charge < -0.3 is 4.52 Å². The minimum atomic E-state index is -4.54. The number of alkyl halides is 3. The number of H-pyrrole nitrogens is 1. The SMILES string of the molecule is O=c1[nH]oc2nc(C(F)(F)F)ccc12. The van der Waals surface area contributed by atoms with Gasteiger partial charge in [-0.3, -0.25) is 4.79 Å². The van der Waals surface area contributed by atoms with Crippen LogP contribution in [0.2, 0.25) is 0 Å². The van der Waals surface area contributed by atoms with E-state index < -0.39 is 17.4 Å². The van der Waals surface area contributed by atoms with E-state index in [0.717, 1.165) is 12.1 Å². The van der Waals surface area contributed by atoms with Crippen molar-refractivity contribution in [3.8, 4) is 0 Å². The van der Waals surface area contributed by atoms with E-state index in [1.807, 2.05) is 5.16 Å². The summed E-state index contributed by atoms with van der Waals surface area (Å²) < 4.78 is 40.8. The molecule has 0 aliphatic rings. The number of nitrogens with zero attached hydrogens (tertiary/aromatic N) is 1. The molecule has 2 rings (SSSR count). The van der Waals surface area contributed by atoms with Crippen molar-refractivity contribution < 1.29 is 17.7 Å². The maximum Gasteiger partial charge on any atom is 0.433 e. The Bertz CT molecular complexity index is 525. The van der Waals surface area contributed by atoms with Gasteiger partial charge in [-0.25, -0.2) is 4.98 Å². The second kappa shape index (κ2) is 2.60. The lowest BCUT2D eigenvalue weighted by atomic mass is 10.3. The largest absolute Gasteiger partial charge is 0.433 e. The number of halogens is 3. The van der Waals surface area contributed by atoms with Gasteiger partial charge in [-0.15, -0.1) is 0 Å². The Morgan fingerprint density at radius 1 is 1.36 bits per heavy atom. The first kappa shape index (κ1) is 8.79. The highest BCUT2D eigenvalue weighted by molar-refractivity contribution is 5.71. The molecule has 7 heteroatoms. The van der Waals surface area contributed by atoms with Gasteiger partial charge in [0, 0.05) is 0 Å². The molecule has 0 aromatic carbocycles. The predicted molar refractivity (Wildman–Crippen MR) is 39.6 cm³/mol. The van der Waals surface area contributed by atoms with E-state index in [9.17, 15) is 18.0 Å². The van der Waals surface area contributed by atoms with Gasteiger partial charge in [-0.1, -0.05) is 0 Å². The topological polar surface area (TPSA) is 58.9 Å². The molecule has 0 spiro atoms. The molecule has 0 aliphatic heterocycles. The summed E-state index contributed by atoms with van der Waals surface area (Å²) >= 11 is 0. The Balaban J connectivity index is 2.69. The van der Waals surface area contributed by atoms with Crippen molar-refractivity contribution >= 4 is 11.1 Å². The van der Waals surface area contributed by atoms with E-state index >= 15 is 0 Å². The average Bonchev–Trinajstić information content (AvgIpc) is 2.46. The fourth-order valence-corrected chi connectivity index (χ4v) is 0.999. The summed E-state index contributed by atoms with van der Waals surface area (Å²) in [5.74, 6) is 0. The molecule has 1 N–H and O–H groups in total. The van der Waals surface area contributed by atoms with Gasteiger partial charge in [-0.05, 0) is 12.1 Å². The molecule has 14 heavy (non-hydrogen) atoms. The highest BCUT2D eigenvalue weighted by Gasteiger charge is 2.33. The highest BCUT2D eigenvalue weighted by atomic mass is 19.4. The molecule has 0 fully saturated rings. The summed E-state index contributed by atoms with van der Waals surface area (Å²) in [4.78, 5) is 14.0. The predicted octanol–water partition coefficient (Wildman–Crippen LogP) is 1.53. The number of hydrogen-bond acceptors (Lipinski definition) is 3. The summed E-state index contributed by atoms with van der Waals surface area (Å²) in [5, 5.41) is 1.89. The number of hydrogen-bond donors (Lipinski definition) is 1. The van der Waals surface area contributed by atoms with Crippen LogP contribution in [0.1, 0.15) is 5.69 Å². The van der Waals surface area contributed by atoms with Crippen molar-refractivity contribution in [3.63, 3.8) is 0 Å². The summed E-state index contributed by atoms with van der Waals surface area (Å²) in [6, 6.07) is 1.75. The summed E-state index contributed by atoms with van der Waals surface area (Å²) in [7, 11) is 0. The fraction of sp³-hybridized carbons (Fsp3) is 0.143. The van der Waals surface area contributed by atoms with Crippen LogP contribution in [0.5, 0.6) is 0 Å². The van der Waals surface area contributed by atoms with Crippen molar-refractivity contribution in [2.24, 2.45) is 0 Å². The Morgan fingerprint density at radius 3 is 2.71 bits per heavy atom. The van der Waals surface area contributed by atoms with Crippen molar-refractivity contribution in [1.82, 2.24) is 10.1 Å². The van der Waals surface area contributed by atoms with E-state index in [1.165, 1.54) is 0 Å². The van der Waals surface area contributed by atoms with Crippen LogP contribution >= 0.6 is 0 Å². The smallest absolute Gasteiger partial charge is 0.358 e. The Morgan fingerprint density at radius 2 is 2.07 bits per heavy atom. The summed E-state index contributed by atoms with van der Waals surface area (Å²) in [6.07, 6.45) is -4.54. The van der Waals surface area contributed by atoms with Gasteiger partial charge in [-0.2, -0.15) is 18.3 Å². The average molecular weight is 204 g/mol. The van der Waals surface area contributed by atoms with Crippen molar-refractivity contribution in [3.05, 3.63) is 28.2 Å². The third-order valence-corrected chi connectivity index (χ3v) is 1.64. The second-order valence-electron chi connectivity index (χ2n) is 2.58. The summed E-state index contributed by atoms with van der Waals surface area (Å²) in [5.41, 5.74) is -2.03. The lowest BCUT2D eigenvalue weighted by molar-refractivity contribution is -0.141. The van der Waals surface area contributed by atoms with E-state index in [0.29, 0.717) is 0 Å². The van der Waals surface area contributed by atoms with Crippen LogP contribution in [0.15, 0.2) is 21.5 Å². The molecule has 0 amide bonds. The molecule has 0 atom stereocenters. The standard InChI is InChI=1S/C7H3F3N2O2/c8-7(9,10)4-2-1-3-5(13)12-14-6(3)11-4/h1-2H,(H,12,13). The molecular weight excluding hydrogens is 201 g/mol. The van der Waals surface area contributed by atoms with E-state index in [4.69, 9.17) is 0 Å². The molecule has 0 bridgehead atoms. The van der Waals surface area contributed by atoms with E-state index in [2.05, 4.69) is 9.51 Å². The van der Waals surface area contributed by atoms with E-state index in [1.54, 1.807) is 0 Å². The van der Waals surface area contributed by atoms with Crippen molar-refractivity contribution in [2.75, 3.05) is 0 Å². The maximum atomic E-state index is 12.1. The number of nitrogens with one attached hydrogen (secondary N) is 1.